The van der Waals surface area contributed by atoms with Crippen LogP contribution in [0.2, 0.25) is 5.02 Å². The highest BCUT2D eigenvalue weighted by Gasteiger charge is 2.34. The first-order valence-electron chi connectivity index (χ1n) is 6.42. The molecule has 0 fully saturated rings. The minimum Gasteiger partial charge on any atom is -0.397 e. The molecule has 0 spiro atoms. The summed E-state index contributed by atoms with van der Waals surface area (Å²) in [6.07, 6.45) is 0. The van der Waals surface area contributed by atoms with Gasteiger partial charge >= 0.3 is 0 Å². The van der Waals surface area contributed by atoms with Crippen molar-refractivity contribution >= 4 is 50.7 Å². The van der Waals surface area contributed by atoms with E-state index in [1.807, 2.05) is 0 Å². The van der Waals surface area contributed by atoms with Gasteiger partial charge in [-0.3, -0.25) is 14.5 Å². The second-order valence-corrected chi connectivity index (χ2v) is 6.03. The number of hydrogen-bond acceptors (Lipinski definition) is 4. The van der Waals surface area contributed by atoms with Crippen LogP contribution < -0.4 is 11.1 Å². The normalized spacial score (nSPS) is 13.5. The van der Waals surface area contributed by atoms with Crippen LogP contribution in [-0.2, 0) is 0 Å². The number of anilines is 2. The van der Waals surface area contributed by atoms with Gasteiger partial charge < -0.3 is 11.1 Å². The maximum absolute atomic E-state index is 12.2. The number of nitrogens with one attached hydrogen (secondary N) is 1. The monoisotopic (exact) mass is 379 g/mol. The summed E-state index contributed by atoms with van der Waals surface area (Å²) >= 11 is 9.30. The standard InChI is InChI=1S/C15H11BrClN3O2/c16-11-5-8(6-12(17)13(11)18)19-7-20-14(21)9-3-1-2-4-10(9)15(20)22/h1-6,19H,7,18H2. The SMILES string of the molecule is Nc1c(Cl)cc(NCN2C(=O)c3ccccc3C2=O)cc1Br. The predicted octanol–water partition coefficient (Wildman–Crippen LogP) is 3.35. The Morgan fingerprint density at radius 3 is 2.27 bits per heavy atom. The lowest BCUT2D eigenvalue weighted by atomic mass is 10.1. The van der Waals surface area contributed by atoms with Crippen LogP contribution >= 0.6 is 27.5 Å². The number of nitrogen functional groups attached to an aromatic ring is 1. The Labute approximate surface area is 140 Å². The molecule has 3 N–H and O–H groups in total. The van der Waals surface area contributed by atoms with E-state index in [1.54, 1.807) is 36.4 Å². The fourth-order valence-corrected chi connectivity index (χ4v) is 3.03. The molecular weight excluding hydrogens is 370 g/mol. The van der Waals surface area contributed by atoms with E-state index in [0.717, 1.165) is 4.90 Å². The number of carbonyl (C=O) groups excluding carboxylic acids is 2. The fourth-order valence-electron chi connectivity index (χ4n) is 2.24. The molecule has 0 radical (unpaired) electrons. The van der Waals surface area contributed by atoms with Gasteiger partial charge in [-0.05, 0) is 40.2 Å². The lowest BCUT2D eigenvalue weighted by Gasteiger charge is -2.16. The Kier molecular flexibility index (Phi) is 3.80. The molecule has 112 valence electrons. The zero-order chi connectivity index (χ0) is 15.9. The zero-order valence-corrected chi connectivity index (χ0v) is 13.6. The summed E-state index contributed by atoms with van der Waals surface area (Å²) in [6, 6.07) is 10.1. The molecule has 2 amide bonds. The summed E-state index contributed by atoms with van der Waals surface area (Å²) < 4.78 is 0.643. The molecule has 0 bridgehead atoms. The van der Waals surface area contributed by atoms with Crippen molar-refractivity contribution in [3.63, 3.8) is 0 Å². The number of amides is 2. The number of benzene rings is 2. The molecule has 7 heteroatoms. The number of nitrogens with two attached hydrogens (primary N) is 1. The average molecular weight is 381 g/mol. The van der Waals surface area contributed by atoms with Crippen molar-refractivity contribution in [2.24, 2.45) is 0 Å². The van der Waals surface area contributed by atoms with Crippen LogP contribution in [0.25, 0.3) is 0 Å². The number of halogens is 2. The molecule has 0 aliphatic carbocycles. The van der Waals surface area contributed by atoms with Gasteiger partial charge in [-0.2, -0.15) is 0 Å². The van der Waals surface area contributed by atoms with Gasteiger partial charge in [0, 0.05) is 10.2 Å². The van der Waals surface area contributed by atoms with Crippen molar-refractivity contribution in [1.82, 2.24) is 4.90 Å². The van der Waals surface area contributed by atoms with Gasteiger partial charge in [0.1, 0.15) is 0 Å². The smallest absolute Gasteiger partial charge is 0.263 e. The quantitative estimate of drug-likeness (QED) is 0.632. The van der Waals surface area contributed by atoms with Crippen LogP contribution in [0.4, 0.5) is 11.4 Å². The number of hydrogen-bond donors (Lipinski definition) is 2. The van der Waals surface area contributed by atoms with E-state index in [2.05, 4.69) is 21.2 Å². The molecule has 0 unspecified atom stereocenters. The largest absolute Gasteiger partial charge is 0.397 e. The summed E-state index contributed by atoms with van der Waals surface area (Å²) in [5.74, 6) is -0.623. The van der Waals surface area contributed by atoms with E-state index in [-0.39, 0.29) is 18.5 Å². The van der Waals surface area contributed by atoms with Gasteiger partial charge in [0.15, 0.2) is 0 Å². The molecule has 1 aliphatic heterocycles. The molecule has 0 atom stereocenters. The Hall–Kier alpha value is -2.05. The van der Waals surface area contributed by atoms with Crippen molar-refractivity contribution in [2.45, 2.75) is 0 Å². The van der Waals surface area contributed by atoms with Crippen molar-refractivity contribution in [2.75, 3.05) is 17.7 Å². The third-order valence-corrected chi connectivity index (χ3v) is 4.37. The second kappa shape index (κ2) is 5.62. The van der Waals surface area contributed by atoms with Crippen LogP contribution in [-0.4, -0.2) is 23.4 Å². The third-order valence-electron chi connectivity index (χ3n) is 3.40. The summed E-state index contributed by atoms with van der Waals surface area (Å²) in [7, 11) is 0. The number of imide groups is 1. The minimum atomic E-state index is -0.311. The molecule has 0 aromatic heterocycles. The highest BCUT2D eigenvalue weighted by Crippen LogP contribution is 2.31. The molecule has 0 saturated carbocycles. The molecule has 5 nitrogen and oxygen atoms in total. The zero-order valence-electron chi connectivity index (χ0n) is 11.3. The van der Waals surface area contributed by atoms with E-state index in [4.69, 9.17) is 17.3 Å². The molecule has 22 heavy (non-hydrogen) atoms. The lowest BCUT2D eigenvalue weighted by Crippen LogP contribution is -2.34. The Balaban J connectivity index is 1.79. The van der Waals surface area contributed by atoms with Crippen molar-refractivity contribution in [1.29, 1.82) is 0 Å². The molecule has 2 aromatic carbocycles. The first kappa shape index (κ1) is 14.9. The van der Waals surface area contributed by atoms with Crippen LogP contribution in [0.15, 0.2) is 40.9 Å². The van der Waals surface area contributed by atoms with Gasteiger partial charge in [0.2, 0.25) is 0 Å². The average Bonchev–Trinajstić information content (AvgIpc) is 2.75. The van der Waals surface area contributed by atoms with E-state index >= 15 is 0 Å². The molecule has 3 rings (SSSR count). The van der Waals surface area contributed by atoms with Crippen molar-refractivity contribution in [3.05, 3.63) is 57.0 Å². The number of nitrogens with zero attached hydrogens (tertiary/aromatic N) is 1. The molecule has 0 saturated heterocycles. The summed E-state index contributed by atoms with van der Waals surface area (Å²) in [5, 5.41) is 3.39. The molecule has 2 aromatic rings. The minimum absolute atomic E-state index is 0.0546. The molecule has 1 aliphatic rings. The summed E-state index contributed by atoms with van der Waals surface area (Å²) in [6.45, 7) is 0.0546. The van der Waals surface area contributed by atoms with E-state index in [1.165, 1.54) is 0 Å². The fraction of sp³-hybridized carbons (Fsp3) is 0.0667. The van der Waals surface area contributed by atoms with Crippen LogP contribution in [0, 0.1) is 0 Å². The van der Waals surface area contributed by atoms with E-state index in [9.17, 15) is 9.59 Å². The topological polar surface area (TPSA) is 75.4 Å². The first-order valence-corrected chi connectivity index (χ1v) is 7.59. The maximum atomic E-state index is 12.2. The number of fused-ring (bicyclic) bond motifs is 1. The van der Waals surface area contributed by atoms with E-state index in [0.29, 0.717) is 32.0 Å². The Bertz CT molecular complexity index is 736. The van der Waals surface area contributed by atoms with Gasteiger partial charge in [-0.15, -0.1) is 0 Å². The maximum Gasteiger partial charge on any atom is 0.263 e. The summed E-state index contributed by atoms with van der Waals surface area (Å²) in [5.41, 5.74) is 7.68. The first-order chi connectivity index (χ1) is 10.5. The highest BCUT2D eigenvalue weighted by atomic mass is 79.9. The van der Waals surface area contributed by atoms with Gasteiger partial charge in [-0.1, -0.05) is 23.7 Å². The highest BCUT2D eigenvalue weighted by molar-refractivity contribution is 9.10. The van der Waals surface area contributed by atoms with Crippen molar-refractivity contribution in [3.8, 4) is 0 Å². The van der Waals surface area contributed by atoms with Gasteiger partial charge in [0.25, 0.3) is 11.8 Å². The second-order valence-electron chi connectivity index (χ2n) is 4.77. The Morgan fingerprint density at radius 2 is 1.73 bits per heavy atom. The van der Waals surface area contributed by atoms with Crippen LogP contribution in [0.1, 0.15) is 20.7 Å². The predicted molar refractivity (Wildman–Crippen MR) is 89.0 cm³/mol. The molecular formula is C15H11BrClN3O2. The number of carbonyl (C=O) groups is 2. The Morgan fingerprint density at radius 1 is 1.14 bits per heavy atom. The van der Waals surface area contributed by atoms with Gasteiger partial charge in [-0.25, -0.2) is 0 Å². The van der Waals surface area contributed by atoms with E-state index < -0.39 is 0 Å². The number of rotatable bonds is 3. The lowest BCUT2D eigenvalue weighted by molar-refractivity contribution is 0.0666. The molecule has 1 heterocycles. The van der Waals surface area contributed by atoms with Gasteiger partial charge in [0.05, 0.1) is 28.5 Å². The summed E-state index contributed by atoms with van der Waals surface area (Å²) in [4.78, 5) is 25.6. The van der Waals surface area contributed by atoms with Crippen LogP contribution in [0.5, 0.6) is 0 Å². The van der Waals surface area contributed by atoms with Crippen LogP contribution in [0.3, 0.4) is 0 Å². The van der Waals surface area contributed by atoms with Crippen molar-refractivity contribution < 1.29 is 9.59 Å². The third kappa shape index (κ3) is 2.44.